The summed E-state index contributed by atoms with van der Waals surface area (Å²) in [6, 6.07) is 13.3. The van der Waals surface area contributed by atoms with Crippen LogP contribution in [0.1, 0.15) is 49.2 Å². The smallest absolute Gasteiger partial charge is 0.319 e. The van der Waals surface area contributed by atoms with Gasteiger partial charge in [0.05, 0.1) is 0 Å². The summed E-state index contributed by atoms with van der Waals surface area (Å²) in [7, 11) is 3.96. The van der Waals surface area contributed by atoms with Crippen molar-refractivity contribution in [2.75, 3.05) is 30.9 Å². The van der Waals surface area contributed by atoms with Gasteiger partial charge in [-0.05, 0) is 62.6 Å². The highest BCUT2D eigenvalue weighted by Crippen LogP contribution is 2.27. The standard InChI is InChI=1S/C25H36N4O2/c1-8-26-25(31)27-22-12-13-23(28(6)7)21(15-22)16-29(19(5)17(2)3)24(30)20-11-9-10-18(4)14-20/h9-15,17,19H,8,16H2,1-7H3,(H2,26,27,31)/t19-/m0/s1. The zero-order chi connectivity index (χ0) is 23.1. The number of carbonyl (C=O) groups excluding carboxylic acids is 2. The summed E-state index contributed by atoms with van der Waals surface area (Å²) < 4.78 is 0. The maximum atomic E-state index is 13.5. The number of benzene rings is 2. The third-order valence-electron chi connectivity index (χ3n) is 5.48. The highest BCUT2D eigenvalue weighted by atomic mass is 16.2. The summed E-state index contributed by atoms with van der Waals surface area (Å²) in [6.45, 7) is 11.2. The molecule has 2 N–H and O–H groups in total. The Bertz CT molecular complexity index is 908. The SMILES string of the molecule is CCNC(=O)Nc1ccc(N(C)C)c(CN(C(=O)c2cccc(C)c2)[C@@H](C)C(C)C)c1. The number of rotatable bonds is 8. The van der Waals surface area contributed by atoms with Crippen molar-refractivity contribution in [3.05, 3.63) is 59.2 Å². The average molecular weight is 425 g/mol. The van der Waals surface area contributed by atoms with Crippen LogP contribution in [0, 0.1) is 12.8 Å². The molecule has 0 aliphatic carbocycles. The number of urea groups is 1. The summed E-state index contributed by atoms with van der Waals surface area (Å²) in [5.41, 5.74) is 4.44. The highest BCUT2D eigenvalue weighted by molar-refractivity contribution is 5.95. The number of hydrogen-bond donors (Lipinski definition) is 2. The number of anilines is 2. The van der Waals surface area contributed by atoms with Gasteiger partial charge in [-0.1, -0.05) is 31.5 Å². The first-order valence-electron chi connectivity index (χ1n) is 10.9. The predicted molar refractivity (Wildman–Crippen MR) is 129 cm³/mol. The van der Waals surface area contributed by atoms with Crippen LogP contribution in [0.25, 0.3) is 0 Å². The fourth-order valence-corrected chi connectivity index (χ4v) is 3.45. The third kappa shape index (κ3) is 6.48. The van der Waals surface area contributed by atoms with Gasteiger partial charge in [-0.15, -0.1) is 0 Å². The molecule has 0 aromatic heterocycles. The van der Waals surface area contributed by atoms with Crippen molar-refractivity contribution >= 4 is 23.3 Å². The van der Waals surface area contributed by atoms with Crippen molar-refractivity contribution in [3.63, 3.8) is 0 Å². The molecule has 0 saturated heterocycles. The monoisotopic (exact) mass is 424 g/mol. The van der Waals surface area contributed by atoms with Gasteiger partial charge in [0.1, 0.15) is 0 Å². The number of aryl methyl sites for hydroxylation is 1. The Hall–Kier alpha value is -3.02. The molecule has 2 rings (SSSR count). The second-order valence-corrected chi connectivity index (χ2v) is 8.51. The molecule has 1 atom stereocenters. The second-order valence-electron chi connectivity index (χ2n) is 8.51. The van der Waals surface area contributed by atoms with Crippen molar-refractivity contribution in [2.24, 2.45) is 5.92 Å². The highest BCUT2D eigenvalue weighted by Gasteiger charge is 2.25. The van der Waals surface area contributed by atoms with Crippen molar-refractivity contribution in [1.29, 1.82) is 0 Å². The first-order valence-corrected chi connectivity index (χ1v) is 10.9. The van der Waals surface area contributed by atoms with Gasteiger partial charge in [0, 0.05) is 50.2 Å². The van der Waals surface area contributed by atoms with Crippen LogP contribution >= 0.6 is 0 Å². The Morgan fingerprint density at radius 2 is 1.74 bits per heavy atom. The molecule has 0 aliphatic heterocycles. The molecule has 2 aromatic rings. The van der Waals surface area contributed by atoms with Crippen molar-refractivity contribution in [1.82, 2.24) is 10.2 Å². The lowest BCUT2D eigenvalue weighted by molar-refractivity contribution is 0.0628. The predicted octanol–water partition coefficient (Wildman–Crippen LogP) is 4.89. The zero-order valence-electron chi connectivity index (χ0n) is 19.8. The number of nitrogens with one attached hydrogen (secondary N) is 2. The van der Waals surface area contributed by atoms with Crippen LogP contribution < -0.4 is 15.5 Å². The molecule has 0 spiro atoms. The van der Waals surface area contributed by atoms with Gasteiger partial charge in [0.2, 0.25) is 0 Å². The number of nitrogens with zero attached hydrogens (tertiary/aromatic N) is 2. The van der Waals surface area contributed by atoms with Crippen LogP contribution in [-0.4, -0.2) is 43.5 Å². The Kier molecular flexibility index (Phi) is 8.48. The molecule has 3 amide bonds. The van der Waals surface area contributed by atoms with Crippen LogP contribution in [0.15, 0.2) is 42.5 Å². The van der Waals surface area contributed by atoms with Gasteiger partial charge in [0.25, 0.3) is 5.91 Å². The molecular formula is C25H36N4O2. The van der Waals surface area contributed by atoms with Gasteiger partial charge in [-0.2, -0.15) is 0 Å². The minimum absolute atomic E-state index is 0.0108. The zero-order valence-corrected chi connectivity index (χ0v) is 19.8. The van der Waals surface area contributed by atoms with Gasteiger partial charge in [-0.3, -0.25) is 4.79 Å². The van der Waals surface area contributed by atoms with Gasteiger partial charge < -0.3 is 20.4 Å². The van der Waals surface area contributed by atoms with E-state index in [1.807, 2.05) is 80.2 Å². The fraction of sp³-hybridized carbons (Fsp3) is 0.440. The molecule has 0 heterocycles. The Balaban J connectivity index is 2.44. The molecule has 6 nitrogen and oxygen atoms in total. The lowest BCUT2D eigenvalue weighted by Gasteiger charge is -2.33. The Labute approximate surface area is 186 Å². The summed E-state index contributed by atoms with van der Waals surface area (Å²) in [5, 5.41) is 5.62. The van der Waals surface area contributed by atoms with E-state index < -0.39 is 0 Å². The quantitative estimate of drug-likeness (QED) is 0.634. The van der Waals surface area contributed by atoms with Crippen LogP contribution in [-0.2, 0) is 6.54 Å². The van der Waals surface area contributed by atoms with E-state index in [1.165, 1.54) is 0 Å². The van der Waals surface area contributed by atoms with Crippen LogP contribution in [0.2, 0.25) is 0 Å². The Morgan fingerprint density at radius 3 is 2.32 bits per heavy atom. The van der Waals surface area contributed by atoms with Crippen LogP contribution in [0.4, 0.5) is 16.2 Å². The summed E-state index contributed by atoms with van der Waals surface area (Å²) in [6.07, 6.45) is 0. The Morgan fingerprint density at radius 1 is 1.03 bits per heavy atom. The molecule has 31 heavy (non-hydrogen) atoms. The minimum atomic E-state index is -0.241. The molecule has 0 unspecified atom stereocenters. The van der Waals surface area contributed by atoms with E-state index in [0.29, 0.717) is 30.3 Å². The average Bonchev–Trinajstić information content (AvgIpc) is 2.71. The number of hydrogen-bond acceptors (Lipinski definition) is 3. The van der Waals surface area contributed by atoms with E-state index in [4.69, 9.17) is 0 Å². The second kappa shape index (κ2) is 10.8. The fourth-order valence-electron chi connectivity index (χ4n) is 3.45. The van der Waals surface area contributed by atoms with E-state index in [2.05, 4.69) is 31.4 Å². The molecule has 168 valence electrons. The largest absolute Gasteiger partial charge is 0.377 e. The first-order chi connectivity index (χ1) is 14.6. The van der Waals surface area contributed by atoms with E-state index in [-0.39, 0.29) is 18.0 Å². The molecule has 0 saturated carbocycles. The topological polar surface area (TPSA) is 64.7 Å². The van der Waals surface area contributed by atoms with E-state index in [0.717, 1.165) is 16.8 Å². The number of amides is 3. The van der Waals surface area contributed by atoms with Gasteiger partial charge in [-0.25, -0.2) is 4.79 Å². The summed E-state index contributed by atoms with van der Waals surface area (Å²) in [5.74, 6) is 0.310. The van der Waals surface area contributed by atoms with E-state index in [1.54, 1.807) is 0 Å². The molecule has 0 fully saturated rings. The van der Waals surface area contributed by atoms with Crippen molar-refractivity contribution < 1.29 is 9.59 Å². The van der Waals surface area contributed by atoms with Gasteiger partial charge >= 0.3 is 6.03 Å². The lowest BCUT2D eigenvalue weighted by Crippen LogP contribution is -2.41. The van der Waals surface area contributed by atoms with Crippen molar-refractivity contribution in [2.45, 2.75) is 47.2 Å². The van der Waals surface area contributed by atoms with Crippen LogP contribution in [0.3, 0.4) is 0 Å². The van der Waals surface area contributed by atoms with E-state index in [9.17, 15) is 9.59 Å². The summed E-state index contributed by atoms with van der Waals surface area (Å²) >= 11 is 0. The minimum Gasteiger partial charge on any atom is -0.377 e. The van der Waals surface area contributed by atoms with Crippen molar-refractivity contribution in [3.8, 4) is 0 Å². The molecule has 6 heteroatoms. The molecule has 0 aliphatic rings. The van der Waals surface area contributed by atoms with Crippen LogP contribution in [0.5, 0.6) is 0 Å². The summed E-state index contributed by atoms with van der Waals surface area (Å²) in [4.78, 5) is 29.5. The lowest BCUT2D eigenvalue weighted by atomic mass is 10.0. The first kappa shape index (κ1) is 24.3. The molecule has 2 aromatic carbocycles. The molecule has 0 radical (unpaired) electrons. The van der Waals surface area contributed by atoms with E-state index >= 15 is 0 Å². The maximum Gasteiger partial charge on any atom is 0.319 e. The molecular weight excluding hydrogens is 388 g/mol. The number of carbonyl (C=O) groups is 2. The normalized spacial score (nSPS) is 11.7. The third-order valence-corrected chi connectivity index (χ3v) is 5.48. The van der Waals surface area contributed by atoms with Gasteiger partial charge in [0.15, 0.2) is 0 Å². The maximum absolute atomic E-state index is 13.5. The molecule has 0 bridgehead atoms.